The molecule has 2 rings (SSSR count). The molecule has 1 aromatic carbocycles. The highest BCUT2D eigenvalue weighted by molar-refractivity contribution is 6.39. The van der Waals surface area contributed by atoms with E-state index in [9.17, 15) is 19.1 Å². The zero-order chi connectivity index (χ0) is 16.1. The Bertz CT molecular complexity index is 542. The third-order valence-corrected chi connectivity index (χ3v) is 3.81. The number of carbonyl (C=O) groups excluding carboxylic acids is 2. The lowest BCUT2D eigenvalue weighted by Gasteiger charge is -2.25. The van der Waals surface area contributed by atoms with E-state index in [1.54, 1.807) is 13.0 Å². The van der Waals surface area contributed by atoms with Crippen LogP contribution in [-0.2, 0) is 9.59 Å². The molecule has 22 heavy (non-hydrogen) atoms. The minimum absolute atomic E-state index is 0.192. The van der Waals surface area contributed by atoms with Crippen molar-refractivity contribution in [1.82, 2.24) is 5.32 Å². The summed E-state index contributed by atoms with van der Waals surface area (Å²) in [6.07, 6.45) is 2.98. The minimum atomic E-state index is -0.818. The number of aryl methyl sites for hydroxylation is 1. The van der Waals surface area contributed by atoms with Gasteiger partial charge in [-0.1, -0.05) is 6.42 Å². The van der Waals surface area contributed by atoms with Gasteiger partial charge < -0.3 is 15.7 Å². The van der Waals surface area contributed by atoms with E-state index < -0.39 is 17.6 Å². The first-order valence-corrected chi connectivity index (χ1v) is 7.48. The lowest BCUT2D eigenvalue weighted by atomic mass is 9.87. The first kappa shape index (κ1) is 16.4. The van der Waals surface area contributed by atoms with Gasteiger partial charge in [0.1, 0.15) is 5.82 Å². The molecule has 0 radical (unpaired) electrons. The van der Waals surface area contributed by atoms with Crippen molar-refractivity contribution in [2.24, 2.45) is 5.92 Å². The van der Waals surface area contributed by atoms with E-state index in [1.165, 1.54) is 6.07 Å². The Balaban J connectivity index is 1.83. The summed E-state index contributed by atoms with van der Waals surface area (Å²) in [6.45, 7) is 2.07. The van der Waals surface area contributed by atoms with Crippen LogP contribution in [0.4, 0.5) is 10.1 Å². The summed E-state index contributed by atoms with van der Waals surface area (Å²) < 4.78 is 13.2. The molecule has 2 atom stereocenters. The van der Waals surface area contributed by atoms with E-state index in [0.29, 0.717) is 18.5 Å². The van der Waals surface area contributed by atoms with Gasteiger partial charge in [-0.2, -0.15) is 0 Å². The molecule has 0 aliphatic heterocycles. The van der Waals surface area contributed by atoms with Crippen LogP contribution in [-0.4, -0.2) is 29.6 Å². The molecule has 1 aromatic rings. The predicted molar refractivity (Wildman–Crippen MR) is 80.7 cm³/mol. The van der Waals surface area contributed by atoms with E-state index in [4.69, 9.17) is 0 Å². The maximum absolute atomic E-state index is 13.2. The van der Waals surface area contributed by atoms with Crippen LogP contribution in [0.5, 0.6) is 0 Å². The molecule has 0 bridgehead atoms. The Labute approximate surface area is 128 Å². The van der Waals surface area contributed by atoms with Crippen LogP contribution in [0.25, 0.3) is 0 Å². The van der Waals surface area contributed by atoms with E-state index in [2.05, 4.69) is 10.6 Å². The number of hydrogen-bond acceptors (Lipinski definition) is 3. The number of benzene rings is 1. The fourth-order valence-corrected chi connectivity index (χ4v) is 2.76. The zero-order valence-electron chi connectivity index (χ0n) is 12.6. The summed E-state index contributed by atoms with van der Waals surface area (Å²) >= 11 is 0. The summed E-state index contributed by atoms with van der Waals surface area (Å²) in [6, 6.07) is 4.09. The number of rotatable bonds is 3. The first-order valence-electron chi connectivity index (χ1n) is 7.48. The van der Waals surface area contributed by atoms with Gasteiger partial charge in [0.15, 0.2) is 0 Å². The molecule has 5 nitrogen and oxygen atoms in total. The molecule has 1 saturated carbocycles. The van der Waals surface area contributed by atoms with Crippen LogP contribution in [0.2, 0.25) is 0 Å². The molecule has 120 valence electrons. The van der Waals surface area contributed by atoms with Gasteiger partial charge in [-0.15, -0.1) is 0 Å². The van der Waals surface area contributed by atoms with E-state index >= 15 is 0 Å². The highest BCUT2D eigenvalue weighted by atomic mass is 19.1. The van der Waals surface area contributed by atoms with Crippen molar-refractivity contribution in [3.05, 3.63) is 29.6 Å². The molecule has 3 N–H and O–H groups in total. The van der Waals surface area contributed by atoms with Gasteiger partial charge >= 0.3 is 11.8 Å². The molecule has 2 amide bonds. The monoisotopic (exact) mass is 308 g/mol. The van der Waals surface area contributed by atoms with Crippen LogP contribution < -0.4 is 10.6 Å². The largest absolute Gasteiger partial charge is 0.393 e. The van der Waals surface area contributed by atoms with E-state index in [1.807, 2.05) is 0 Å². The molecule has 2 unspecified atom stereocenters. The van der Waals surface area contributed by atoms with Gasteiger partial charge in [-0.05, 0) is 55.9 Å². The standard InChI is InChI=1S/C16H21FN2O3/c1-10-5-12(17)8-13(6-10)19-16(22)15(21)18-9-11-3-2-4-14(20)7-11/h5-6,8,11,14,20H,2-4,7,9H2,1H3,(H,18,21)(H,19,22). The van der Waals surface area contributed by atoms with Crippen molar-refractivity contribution < 1.29 is 19.1 Å². The molecule has 0 aromatic heterocycles. The molecule has 1 aliphatic rings. The van der Waals surface area contributed by atoms with E-state index in [0.717, 1.165) is 25.3 Å². The third-order valence-electron chi connectivity index (χ3n) is 3.81. The quantitative estimate of drug-likeness (QED) is 0.744. The number of aliphatic hydroxyl groups is 1. The summed E-state index contributed by atoms with van der Waals surface area (Å²) in [4.78, 5) is 23.5. The minimum Gasteiger partial charge on any atom is -0.393 e. The number of amides is 2. The van der Waals surface area contributed by atoms with Crippen molar-refractivity contribution in [2.75, 3.05) is 11.9 Å². The number of anilines is 1. The Hall–Kier alpha value is -1.95. The average Bonchev–Trinajstić information content (AvgIpc) is 2.43. The number of hydrogen-bond donors (Lipinski definition) is 3. The SMILES string of the molecule is Cc1cc(F)cc(NC(=O)C(=O)NCC2CCCC(O)C2)c1. The first-order chi connectivity index (χ1) is 10.4. The molecule has 0 heterocycles. The van der Waals surface area contributed by atoms with Gasteiger partial charge in [0.25, 0.3) is 0 Å². The summed E-state index contributed by atoms with van der Waals surface area (Å²) in [7, 11) is 0. The van der Waals surface area contributed by atoms with E-state index in [-0.39, 0.29) is 17.7 Å². The van der Waals surface area contributed by atoms with Crippen LogP contribution in [0.15, 0.2) is 18.2 Å². The lowest BCUT2D eigenvalue weighted by Crippen LogP contribution is -2.39. The average molecular weight is 308 g/mol. The lowest BCUT2D eigenvalue weighted by molar-refractivity contribution is -0.136. The third kappa shape index (κ3) is 4.80. The molecule has 0 spiro atoms. The van der Waals surface area contributed by atoms with Gasteiger partial charge in [0, 0.05) is 12.2 Å². The number of halogens is 1. The van der Waals surface area contributed by atoms with Crippen LogP contribution in [0.3, 0.4) is 0 Å². The summed E-state index contributed by atoms with van der Waals surface area (Å²) in [5.41, 5.74) is 0.914. The highest BCUT2D eigenvalue weighted by Crippen LogP contribution is 2.23. The Kier molecular flexibility index (Phi) is 5.49. The normalized spacial score (nSPS) is 21.2. The van der Waals surface area contributed by atoms with Gasteiger partial charge in [-0.25, -0.2) is 4.39 Å². The molecule has 1 fully saturated rings. The van der Waals surface area contributed by atoms with Crippen molar-refractivity contribution in [3.63, 3.8) is 0 Å². The van der Waals surface area contributed by atoms with Crippen LogP contribution >= 0.6 is 0 Å². The van der Waals surface area contributed by atoms with Gasteiger partial charge in [0.05, 0.1) is 6.10 Å². The zero-order valence-corrected chi connectivity index (χ0v) is 12.6. The highest BCUT2D eigenvalue weighted by Gasteiger charge is 2.22. The number of nitrogens with one attached hydrogen (secondary N) is 2. The van der Waals surface area contributed by atoms with Gasteiger partial charge in [0.2, 0.25) is 0 Å². The number of carbonyl (C=O) groups is 2. The fourth-order valence-electron chi connectivity index (χ4n) is 2.76. The maximum Gasteiger partial charge on any atom is 0.313 e. The van der Waals surface area contributed by atoms with Gasteiger partial charge in [-0.3, -0.25) is 9.59 Å². The molecule has 0 saturated heterocycles. The maximum atomic E-state index is 13.2. The smallest absolute Gasteiger partial charge is 0.313 e. The molecule has 6 heteroatoms. The second-order valence-corrected chi connectivity index (χ2v) is 5.87. The second kappa shape index (κ2) is 7.35. The van der Waals surface area contributed by atoms with Crippen molar-refractivity contribution >= 4 is 17.5 Å². The molecular formula is C16H21FN2O3. The second-order valence-electron chi connectivity index (χ2n) is 5.87. The topological polar surface area (TPSA) is 78.4 Å². The fraction of sp³-hybridized carbons (Fsp3) is 0.500. The predicted octanol–water partition coefficient (Wildman–Crippen LogP) is 1.74. The van der Waals surface area contributed by atoms with Crippen LogP contribution in [0.1, 0.15) is 31.2 Å². The van der Waals surface area contributed by atoms with Crippen molar-refractivity contribution in [2.45, 2.75) is 38.7 Å². The van der Waals surface area contributed by atoms with Crippen molar-refractivity contribution in [1.29, 1.82) is 0 Å². The molecule has 1 aliphatic carbocycles. The number of aliphatic hydroxyl groups excluding tert-OH is 1. The molecular weight excluding hydrogens is 287 g/mol. The Morgan fingerprint density at radius 3 is 2.73 bits per heavy atom. The summed E-state index contributed by atoms with van der Waals surface area (Å²) in [5.74, 6) is -1.84. The summed E-state index contributed by atoms with van der Waals surface area (Å²) in [5, 5.41) is 14.5. The van der Waals surface area contributed by atoms with Crippen LogP contribution in [0, 0.1) is 18.7 Å². The van der Waals surface area contributed by atoms with Crippen molar-refractivity contribution in [3.8, 4) is 0 Å². The Morgan fingerprint density at radius 2 is 2.05 bits per heavy atom. The Morgan fingerprint density at radius 1 is 1.27 bits per heavy atom.